The monoisotopic (exact) mass is 289 g/mol. The molecule has 1 aliphatic heterocycles. The van der Waals surface area contributed by atoms with Crippen molar-refractivity contribution in [1.29, 1.82) is 0 Å². The number of likely N-dealkylation sites (tertiary alicyclic amines) is 1. The van der Waals surface area contributed by atoms with Crippen LogP contribution in [-0.2, 0) is 11.2 Å². The van der Waals surface area contributed by atoms with E-state index in [1.165, 1.54) is 0 Å². The van der Waals surface area contributed by atoms with Crippen molar-refractivity contribution in [1.82, 2.24) is 10.2 Å². The Balaban J connectivity index is 1.91. The van der Waals surface area contributed by atoms with E-state index in [0.717, 1.165) is 24.1 Å². The van der Waals surface area contributed by atoms with Crippen molar-refractivity contribution in [3.05, 3.63) is 29.8 Å². The molecule has 114 valence electrons. The fourth-order valence-electron chi connectivity index (χ4n) is 2.60. The Morgan fingerprint density at radius 1 is 1.38 bits per heavy atom. The highest BCUT2D eigenvalue weighted by molar-refractivity contribution is 5.90. The summed E-state index contributed by atoms with van der Waals surface area (Å²) in [5.41, 5.74) is 2.00. The summed E-state index contributed by atoms with van der Waals surface area (Å²) in [7, 11) is 1.77. The van der Waals surface area contributed by atoms with Crippen LogP contribution in [0, 0.1) is 0 Å². The molecule has 0 saturated carbocycles. The minimum absolute atomic E-state index is 0.0195. The van der Waals surface area contributed by atoms with E-state index in [4.69, 9.17) is 0 Å². The Morgan fingerprint density at radius 3 is 2.86 bits per heavy atom. The maximum Gasteiger partial charge on any atom is 0.319 e. The molecule has 1 heterocycles. The standard InChI is InChI=1S/C16H23N3O2/c1-3-6-12-7-4-5-8-14(12)18-16(21)17-13-9-10-15(20)19(2)11-13/h4-5,7-8,13H,3,6,9-11H2,1-2H3,(H2,17,18,21)/t13-/m0/s1. The Labute approximate surface area is 125 Å². The molecule has 0 aromatic heterocycles. The number of carbonyl (C=O) groups is 2. The van der Waals surface area contributed by atoms with Gasteiger partial charge in [-0.2, -0.15) is 0 Å². The summed E-state index contributed by atoms with van der Waals surface area (Å²) in [6.07, 6.45) is 3.17. The van der Waals surface area contributed by atoms with Gasteiger partial charge < -0.3 is 15.5 Å². The average molecular weight is 289 g/mol. The number of benzene rings is 1. The lowest BCUT2D eigenvalue weighted by Gasteiger charge is -2.30. The van der Waals surface area contributed by atoms with Gasteiger partial charge >= 0.3 is 6.03 Å². The third-order valence-corrected chi connectivity index (χ3v) is 3.75. The molecule has 0 aliphatic carbocycles. The topological polar surface area (TPSA) is 61.4 Å². The highest BCUT2D eigenvalue weighted by atomic mass is 16.2. The molecule has 1 fully saturated rings. The van der Waals surface area contributed by atoms with Gasteiger partial charge in [0.2, 0.25) is 5.91 Å². The molecule has 0 unspecified atom stereocenters. The lowest BCUT2D eigenvalue weighted by molar-refractivity contribution is -0.132. The normalized spacial score (nSPS) is 18.5. The van der Waals surface area contributed by atoms with Crippen molar-refractivity contribution < 1.29 is 9.59 Å². The van der Waals surface area contributed by atoms with E-state index < -0.39 is 0 Å². The van der Waals surface area contributed by atoms with Crippen molar-refractivity contribution in [2.24, 2.45) is 0 Å². The quantitative estimate of drug-likeness (QED) is 0.894. The van der Waals surface area contributed by atoms with E-state index in [1.54, 1.807) is 11.9 Å². The number of nitrogens with one attached hydrogen (secondary N) is 2. The van der Waals surface area contributed by atoms with E-state index >= 15 is 0 Å². The first-order chi connectivity index (χ1) is 10.1. The minimum Gasteiger partial charge on any atom is -0.344 e. The summed E-state index contributed by atoms with van der Waals surface area (Å²) in [6, 6.07) is 7.67. The molecule has 1 aliphatic rings. The minimum atomic E-state index is -0.202. The van der Waals surface area contributed by atoms with E-state index in [9.17, 15) is 9.59 Å². The van der Waals surface area contributed by atoms with Crippen LogP contribution in [0.2, 0.25) is 0 Å². The van der Waals surface area contributed by atoms with Crippen molar-refractivity contribution in [2.45, 2.75) is 38.6 Å². The molecular formula is C16H23N3O2. The number of para-hydroxylation sites is 1. The molecule has 3 amide bonds. The van der Waals surface area contributed by atoms with Crippen LogP contribution >= 0.6 is 0 Å². The largest absolute Gasteiger partial charge is 0.344 e. The molecular weight excluding hydrogens is 266 g/mol. The van der Waals surface area contributed by atoms with Crippen LogP contribution in [0.25, 0.3) is 0 Å². The second-order valence-corrected chi connectivity index (χ2v) is 5.52. The molecule has 0 radical (unpaired) electrons. The van der Waals surface area contributed by atoms with Gasteiger partial charge in [0.25, 0.3) is 0 Å². The van der Waals surface area contributed by atoms with Crippen LogP contribution in [0.3, 0.4) is 0 Å². The summed E-state index contributed by atoms with van der Waals surface area (Å²) >= 11 is 0. The van der Waals surface area contributed by atoms with Crippen LogP contribution < -0.4 is 10.6 Å². The first-order valence-corrected chi connectivity index (χ1v) is 7.49. The van der Waals surface area contributed by atoms with Crippen LogP contribution in [0.4, 0.5) is 10.5 Å². The Bertz CT molecular complexity index is 516. The molecule has 2 rings (SSSR count). The predicted molar refractivity (Wildman–Crippen MR) is 83.3 cm³/mol. The number of amides is 3. The van der Waals surface area contributed by atoms with Gasteiger partial charge in [0.1, 0.15) is 0 Å². The van der Waals surface area contributed by atoms with Gasteiger partial charge in [-0.1, -0.05) is 31.5 Å². The third kappa shape index (κ3) is 4.21. The fraction of sp³-hybridized carbons (Fsp3) is 0.500. The maximum atomic E-state index is 12.1. The van der Waals surface area contributed by atoms with E-state index in [0.29, 0.717) is 19.4 Å². The SMILES string of the molecule is CCCc1ccccc1NC(=O)N[C@H]1CCC(=O)N(C)C1. The first-order valence-electron chi connectivity index (χ1n) is 7.49. The number of carbonyl (C=O) groups excluding carboxylic acids is 2. The number of likely N-dealkylation sites (N-methyl/N-ethyl adjacent to an activating group) is 1. The zero-order chi connectivity index (χ0) is 15.2. The molecule has 0 spiro atoms. The second-order valence-electron chi connectivity index (χ2n) is 5.52. The number of anilines is 1. The molecule has 1 saturated heterocycles. The van der Waals surface area contributed by atoms with Gasteiger partial charge in [-0.3, -0.25) is 4.79 Å². The Kier molecular flexibility index (Phi) is 5.20. The van der Waals surface area contributed by atoms with Gasteiger partial charge in [-0.15, -0.1) is 0 Å². The van der Waals surface area contributed by atoms with Gasteiger partial charge in [-0.25, -0.2) is 4.79 Å². The summed E-state index contributed by atoms with van der Waals surface area (Å²) in [6.45, 7) is 2.69. The summed E-state index contributed by atoms with van der Waals surface area (Å²) in [5.74, 6) is 0.141. The highest BCUT2D eigenvalue weighted by Gasteiger charge is 2.24. The van der Waals surface area contributed by atoms with Gasteiger partial charge in [-0.05, 0) is 24.5 Å². The van der Waals surface area contributed by atoms with Crippen LogP contribution in [0.5, 0.6) is 0 Å². The van der Waals surface area contributed by atoms with Crippen molar-refractivity contribution in [2.75, 3.05) is 18.9 Å². The van der Waals surface area contributed by atoms with Crippen molar-refractivity contribution in [3.8, 4) is 0 Å². The molecule has 1 atom stereocenters. The number of urea groups is 1. The molecule has 1 aromatic rings. The smallest absolute Gasteiger partial charge is 0.319 e. The Morgan fingerprint density at radius 2 is 2.14 bits per heavy atom. The number of hydrogen-bond donors (Lipinski definition) is 2. The van der Waals surface area contributed by atoms with Crippen molar-refractivity contribution in [3.63, 3.8) is 0 Å². The summed E-state index contributed by atoms with van der Waals surface area (Å²) in [5, 5.41) is 5.86. The summed E-state index contributed by atoms with van der Waals surface area (Å²) in [4.78, 5) is 25.2. The van der Waals surface area contributed by atoms with Crippen LogP contribution in [0.1, 0.15) is 31.7 Å². The number of rotatable bonds is 4. The van der Waals surface area contributed by atoms with Gasteiger partial charge in [0, 0.05) is 31.7 Å². The molecule has 2 N–H and O–H groups in total. The van der Waals surface area contributed by atoms with E-state index in [-0.39, 0.29) is 18.0 Å². The predicted octanol–water partition coefficient (Wildman–Crippen LogP) is 2.38. The van der Waals surface area contributed by atoms with Crippen molar-refractivity contribution >= 4 is 17.6 Å². The fourth-order valence-corrected chi connectivity index (χ4v) is 2.60. The number of hydrogen-bond acceptors (Lipinski definition) is 2. The highest BCUT2D eigenvalue weighted by Crippen LogP contribution is 2.17. The van der Waals surface area contributed by atoms with E-state index in [2.05, 4.69) is 17.6 Å². The van der Waals surface area contributed by atoms with Crippen LogP contribution in [0.15, 0.2) is 24.3 Å². The lowest BCUT2D eigenvalue weighted by Crippen LogP contribution is -2.49. The third-order valence-electron chi connectivity index (χ3n) is 3.75. The van der Waals surface area contributed by atoms with Crippen LogP contribution in [-0.4, -0.2) is 36.5 Å². The van der Waals surface area contributed by atoms with E-state index in [1.807, 2.05) is 24.3 Å². The van der Waals surface area contributed by atoms with Gasteiger partial charge in [0.05, 0.1) is 0 Å². The zero-order valence-corrected chi connectivity index (χ0v) is 12.7. The van der Waals surface area contributed by atoms with Gasteiger partial charge in [0.15, 0.2) is 0 Å². The first kappa shape index (κ1) is 15.4. The molecule has 21 heavy (non-hydrogen) atoms. The summed E-state index contributed by atoms with van der Waals surface area (Å²) < 4.78 is 0. The molecule has 5 heteroatoms. The average Bonchev–Trinajstić information content (AvgIpc) is 2.45. The second kappa shape index (κ2) is 7.11. The molecule has 1 aromatic carbocycles. The number of nitrogens with zero attached hydrogens (tertiary/aromatic N) is 1. The lowest BCUT2D eigenvalue weighted by atomic mass is 10.1. The number of aryl methyl sites for hydroxylation is 1. The zero-order valence-electron chi connectivity index (χ0n) is 12.7. The number of piperidine rings is 1. The molecule has 0 bridgehead atoms. The molecule has 5 nitrogen and oxygen atoms in total. The Hall–Kier alpha value is -2.04. The maximum absolute atomic E-state index is 12.1.